The van der Waals surface area contributed by atoms with Gasteiger partial charge in [0.2, 0.25) is 0 Å². The van der Waals surface area contributed by atoms with Crippen molar-refractivity contribution in [3.05, 3.63) is 74.3 Å². The van der Waals surface area contributed by atoms with Gasteiger partial charge in [0.05, 0.1) is 4.92 Å². The molecule has 0 saturated carbocycles. The molecule has 0 atom stereocenters. The van der Waals surface area contributed by atoms with E-state index in [-0.39, 0.29) is 17.9 Å². The number of aryl methyl sites for hydroxylation is 1. The number of nitrogens with zero attached hydrogens (tertiary/aromatic N) is 1. The zero-order valence-electron chi connectivity index (χ0n) is 10.8. The highest BCUT2D eigenvalue weighted by atomic mass is 35.5. The summed E-state index contributed by atoms with van der Waals surface area (Å²) >= 11 is 5.89. The third-order valence-electron chi connectivity index (χ3n) is 3.01. The molecule has 4 nitrogen and oxygen atoms in total. The summed E-state index contributed by atoms with van der Waals surface area (Å²) in [4.78, 5) is 22.3. The van der Waals surface area contributed by atoms with Crippen LogP contribution in [0.3, 0.4) is 0 Å². The van der Waals surface area contributed by atoms with Crippen molar-refractivity contribution >= 4 is 23.1 Å². The minimum absolute atomic E-state index is 0.0140. The fourth-order valence-corrected chi connectivity index (χ4v) is 2.08. The van der Waals surface area contributed by atoms with Crippen LogP contribution < -0.4 is 0 Å². The Morgan fingerprint density at radius 1 is 1.20 bits per heavy atom. The summed E-state index contributed by atoms with van der Waals surface area (Å²) in [6.07, 6.45) is 0.194. The Bertz CT molecular complexity index is 665. The molecular formula is C15H12ClNO3. The molecule has 0 radical (unpaired) electrons. The number of non-ortho nitro benzene ring substituents is 1. The van der Waals surface area contributed by atoms with Crippen LogP contribution in [0.1, 0.15) is 21.5 Å². The zero-order valence-corrected chi connectivity index (χ0v) is 11.6. The number of nitro benzene ring substituents is 1. The van der Waals surface area contributed by atoms with Crippen LogP contribution in [0, 0.1) is 17.0 Å². The minimum atomic E-state index is -0.466. The maximum atomic E-state index is 12.2. The Kier molecular flexibility index (Phi) is 4.15. The van der Waals surface area contributed by atoms with E-state index in [0.29, 0.717) is 10.6 Å². The van der Waals surface area contributed by atoms with Crippen molar-refractivity contribution in [2.24, 2.45) is 0 Å². The molecule has 20 heavy (non-hydrogen) atoms. The lowest BCUT2D eigenvalue weighted by molar-refractivity contribution is -0.384. The van der Waals surface area contributed by atoms with Crippen LogP contribution in [0.4, 0.5) is 5.69 Å². The largest absolute Gasteiger partial charge is 0.294 e. The van der Waals surface area contributed by atoms with Gasteiger partial charge < -0.3 is 0 Å². The normalized spacial score (nSPS) is 10.3. The molecule has 0 fully saturated rings. The van der Waals surface area contributed by atoms with Gasteiger partial charge in [-0.2, -0.15) is 0 Å². The van der Waals surface area contributed by atoms with E-state index in [2.05, 4.69) is 0 Å². The summed E-state index contributed by atoms with van der Waals surface area (Å²) in [5.74, 6) is -0.0566. The first kappa shape index (κ1) is 14.2. The van der Waals surface area contributed by atoms with Crippen LogP contribution in [0.15, 0.2) is 42.5 Å². The second kappa shape index (κ2) is 5.84. The van der Waals surface area contributed by atoms with Crippen molar-refractivity contribution in [2.75, 3.05) is 0 Å². The first-order chi connectivity index (χ1) is 9.47. The highest BCUT2D eigenvalue weighted by Crippen LogP contribution is 2.18. The molecule has 0 spiro atoms. The van der Waals surface area contributed by atoms with Crippen molar-refractivity contribution in [3.63, 3.8) is 0 Å². The van der Waals surface area contributed by atoms with E-state index in [1.165, 1.54) is 12.1 Å². The van der Waals surface area contributed by atoms with E-state index >= 15 is 0 Å². The number of Topliss-reactive ketones (excluding diaryl/α,β-unsaturated/α-hetero) is 1. The van der Waals surface area contributed by atoms with Crippen LogP contribution in [-0.4, -0.2) is 10.7 Å². The fraction of sp³-hybridized carbons (Fsp3) is 0.133. The Morgan fingerprint density at radius 2 is 1.85 bits per heavy atom. The number of carbonyl (C=O) groups excluding carboxylic acids is 1. The number of hydrogen-bond acceptors (Lipinski definition) is 3. The average molecular weight is 290 g/mol. The van der Waals surface area contributed by atoms with Crippen molar-refractivity contribution in [1.29, 1.82) is 0 Å². The highest BCUT2D eigenvalue weighted by molar-refractivity contribution is 6.31. The molecule has 2 aromatic rings. The van der Waals surface area contributed by atoms with E-state index in [0.717, 1.165) is 11.1 Å². The average Bonchev–Trinajstić information content (AvgIpc) is 2.42. The molecule has 0 bridgehead atoms. The van der Waals surface area contributed by atoms with E-state index in [4.69, 9.17) is 11.6 Å². The maximum absolute atomic E-state index is 12.2. The molecule has 0 aromatic heterocycles. The Labute approximate surface area is 121 Å². The molecule has 5 heteroatoms. The van der Waals surface area contributed by atoms with Gasteiger partial charge in [-0.05, 0) is 30.2 Å². The standard InChI is InChI=1S/C15H12ClNO3/c1-10-2-5-12(16)9-14(10)15(18)8-11-3-6-13(7-4-11)17(19)20/h2-7,9H,8H2,1H3. The van der Waals surface area contributed by atoms with E-state index in [9.17, 15) is 14.9 Å². The predicted octanol–water partition coefficient (Wildman–Crippen LogP) is 3.98. The molecule has 2 aromatic carbocycles. The minimum Gasteiger partial charge on any atom is -0.294 e. The Hall–Kier alpha value is -2.20. The summed E-state index contributed by atoms with van der Waals surface area (Å²) in [6.45, 7) is 1.85. The first-order valence-electron chi connectivity index (χ1n) is 6.00. The number of carbonyl (C=O) groups is 1. The lowest BCUT2D eigenvalue weighted by Crippen LogP contribution is -2.05. The first-order valence-corrected chi connectivity index (χ1v) is 6.38. The molecule has 2 rings (SSSR count). The van der Waals surface area contributed by atoms with Gasteiger partial charge in [-0.25, -0.2) is 0 Å². The number of halogens is 1. The molecule has 0 amide bonds. The summed E-state index contributed by atoms with van der Waals surface area (Å²) in [6, 6.07) is 11.2. The van der Waals surface area contributed by atoms with Gasteiger partial charge in [0, 0.05) is 29.1 Å². The van der Waals surface area contributed by atoms with Gasteiger partial charge >= 0.3 is 0 Å². The number of ketones is 1. The third-order valence-corrected chi connectivity index (χ3v) is 3.25. The number of hydrogen-bond donors (Lipinski definition) is 0. The monoisotopic (exact) mass is 289 g/mol. The Balaban J connectivity index is 2.19. The molecule has 0 aliphatic rings. The lowest BCUT2D eigenvalue weighted by Gasteiger charge is -2.05. The van der Waals surface area contributed by atoms with Gasteiger partial charge in [-0.1, -0.05) is 29.8 Å². The van der Waals surface area contributed by atoms with Crippen LogP contribution in [-0.2, 0) is 6.42 Å². The van der Waals surface area contributed by atoms with Gasteiger partial charge in [0.15, 0.2) is 5.78 Å². The van der Waals surface area contributed by atoms with Gasteiger partial charge in [0.25, 0.3) is 5.69 Å². The van der Waals surface area contributed by atoms with Gasteiger partial charge in [-0.15, -0.1) is 0 Å². The number of nitro groups is 1. The van der Waals surface area contributed by atoms with Crippen LogP contribution in [0.2, 0.25) is 5.02 Å². The van der Waals surface area contributed by atoms with Crippen molar-refractivity contribution < 1.29 is 9.72 Å². The number of rotatable bonds is 4. The molecule has 0 aliphatic carbocycles. The zero-order chi connectivity index (χ0) is 14.7. The van der Waals surface area contributed by atoms with Gasteiger partial charge in [-0.3, -0.25) is 14.9 Å². The third kappa shape index (κ3) is 3.22. The predicted molar refractivity (Wildman–Crippen MR) is 77.3 cm³/mol. The lowest BCUT2D eigenvalue weighted by atomic mass is 9.99. The maximum Gasteiger partial charge on any atom is 0.269 e. The van der Waals surface area contributed by atoms with Crippen LogP contribution >= 0.6 is 11.6 Å². The molecule has 0 N–H and O–H groups in total. The fourth-order valence-electron chi connectivity index (χ4n) is 1.91. The Morgan fingerprint density at radius 3 is 2.45 bits per heavy atom. The second-order valence-electron chi connectivity index (χ2n) is 4.48. The van der Waals surface area contributed by atoms with Crippen molar-refractivity contribution in [1.82, 2.24) is 0 Å². The quantitative estimate of drug-likeness (QED) is 0.486. The van der Waals surface area contributed by atoms with Crippen LogP contribution in [0.5, 0.6) is 0 Å². The molecule has 0 saturated heterocycles. The van der Waals surface area contributed by atoms with E-state index in [1.54, 1.807) is 30.3 Å². The number of benzene rings is 2. The molecule has 0 heterocycles. The van der Waals surface area contributed by atoms with Crippen molar-refractivity contribution in [3.8, 4) is 0 Å². The summed E-state index contributed by atoms with van der Waals surface area (Å²) < 4.78 is 0. The van der Waals surface area contributed by atoms with E-state index in [1.807, 2.05) is 6.92 Å². The second-order valence-corrected chi connectivity index (χ2v) is 4.92. The summed E-state index contributed by atoms with van der Waals surface area (Å²) in [7, 11) is 0. The molecule has 0 aliphatic heterocycles. The molecule has 0 unspecified atom stereocenters. The SMILES string of the molecule is Cc1ccc(Cl)cc1C(=O)Cc1ccc([N+](=O)[O-])cc1. The highest BCUT2D eigenvalue weighted by Gasteiger charge is 2.12. The smallest absolute Gasteiger partial charge is 0.269 e. The van der Waals surface area contributed by atoms with Gasteiger partial charge in [0.1, 0.15) is 0 Å². The summed E-state index contributed by atoms with van der Waals surface area (Å²) in [5.41, 5.74) is 2.19. The van der Waals surface area contributed by atoms with Crippen molar-refractivity contribution in [2.45, 2.75) is 13.3 Å². The topological polar surface area (TPSA) is 60.2 Å². The van der Waals surface area contributed by atoms with E-state index < -0.39 is 4.92 Å². The molecule has 102 valence electrons. The molecular weight excluding hydrogens is 278 g/mol. The summed E-state index contributed by atoms with van der Waals surface area (Å²) in [5, 5.41) is 11.1. The van der Waals surface area contributed by atoms with Crippen LogP contribution in [0.25, 0.3) is 0 Å².